The summed E-state index contributed by atoms with van der Waals surface area (Å²) in [6.45, 7) is 4.24. The Morgan fingerprint density at radius 3 is 2.59 bits per heavy atom. The number of carbonyl (C=O) groups excluding carboxylic acids is 1. The molecule has 0 saturated carbocycles. The van der Waals surface area contributed by atoms with Gasteiger partial charge >= 0.3 is 0 Å². The van der Waals surface area contributed by atoms with Crippen molar-refractivity contribution in [1.82, 2.24) is 20.0 Å². The summed E-state index contributed by atoms with van der Waals surface area (Å²) >= 11 is 0. The number of hydrogen-bond donors (Lipinski definition) is 1. The predicted molar refractivity (Wildman–Crippen MR) is 117 cm³/mol. The molecule has 0 radical (unpaired) electrons. The summed E-state index contributed by atoms with van der Waals surface area (Å²) in [6, 6.07) is 7.95. The first-order valence-corrected chi connectivity index (χ1v) is 10.7. The van der Waals surface area contributed by atoms with Crippen LogP contribution in [0.15, 0.2) is 18.2 Å². The quantitative estimate of drug-likeness (QED) is 0.832. The molecule has 1 amide bonds. The maximum Gasteiger partial charge on any atom is 0.274 e. The van der Waals surface area contributed by atoms with Crippen LogP contribution in [0.5, 0.6) is 0 Å². The van der Waals surface area contributed by atoms with E-state index in [1.165, 1.54) is 35.2 Å². The molecule has 2 aromatic rings. The van der Waals surface area contributed by atoms with Gasteiger partial charge in [0.15, 0.2) is 5.69 Å². The van der Waals surface area contributed by atoms with Crippen LogP contribution >= 0.6 is 12.4 Å². The average molecular weight is 415 g/mol. The molecule has 3 aliphatic rings. The predicted octanol–water partition coefficient (Wildman–Crippen LogP) is 3.75. The van der Waals surface area contributed by atoms with Gasteiger partial charge in [0.05, 0.1) is 5.69 Å². The Balaban J connectivity index is 0.00000205. The summed E-state index contributed by atoms with van der Waals surface area (Å²) < 4.78 is 2.05. The van der Waals surface area contributed by atoms with Crippen molar-refractivity contribution in [2.45, 2.75) is 76.9 Å². The van der Waals surface area contributed by atoms with Crippen molar-refractivity contribution >= 4 is 18.3 Å². The van der Waals surface area contributed by atoms with Crippen LogP contribution in [0.2, 0.25) is 0 Å². The standard InChI is InChI=1S/C23H30N4O.ClH/c1-14-7-10-20(15(2)11-14)27-21-6-4-5-19(21)22(25-27)23(28)26(3)18-12-16-8-9-17(13-18)24-16;/h7,10-11,16-18,24H,4-6,8-9,12-13H2,1-3H3;1H. The summed E-state index contributed by atoms with van der Waals surface area (Å²) in [4.78, 5) is 15.4. The number of piperidine rings is 1. The van der Waals surface area contributed by atoms with Gasteiger partial charge in [0, 0.05) is 36.4 Å². The van der Waals surface area contributed by atoms with E-state index in [4.69, 9.17) is 5.10 Å². The van der Waals surface area contributed by atoms with Gasteiger partial charge in [0.2, 0.25) is 0 Å². The molecule has 2 bridgehead atoms. The number of fused-ring (bicyclic) bond motifs is 3. The Morgan fingerprint density at radius 1 is 1.17 bits per heavy atom. The van der Waals surface area contributed by atoms with Crippen LogP contribution in [-0.2, 0) is 12.8 Å². The number of halogens is 1. The molecule has 5 rings (SSSR count). The highest BCUT2D eigenvalue weighted by Gasteiger charge is 2.38. The lowest BCUT2D eigenvalue weighted by Gasteiger charge is -2.35. The molecule has 2 aliphatic heterocycles. The third-order valence-corrected chi connectivity index (χ3v) is 7.03. The molecule has 29 heavy (non-hydrogen) atoms. The first-order valence-electron chi connectivity index (χ1n) is 10.7. The van der Waals surface area contributed by atoms with Crippen molar-refractivity contribution in [3.8, 4) is 5.69 Å². The SMILES string of the molecule is Cc1ccc(-n2nc(C(=O)N(C)C3CC4CCC(C3)N4)c3c2CCC3)c(C)c1.Cl. The third-order valence-electron chi connectivity index (χ3n) is 7.03. The molecule has 1 N–H and O–H groups in total. The molecular formula is C23H31ClN4O. The molecule has 0 spiro atoms. The Morgan fingerprint density at radius 2 is 1.90 bits per heavy atom. The lowest BCUT2D eigenvalue weighted by atomic mass is 9.98. The highest BCUT2D eigenvalue weighted by atomic mass is 35.5. The zero-order chi connectivity index (χ0) is 19.4. The topological polar surface area (TPSA) is 50.2 Å². The number of carbonyl (C=O) groups is 1. The summed E-state index contributed by atoms with van der Waals surface area (Å²) in [5.41, 5.74) is 6.65. The van der Waals surface area contributed by atoms with Gasteiger partial charge in [-0.25, -0.2) is 4.68 Å². The van der Waals surface area contributed by atoms with Crippen molar-refractivity contribution in [2.75, 3.05) is 7.05 Å². The summed E-state index contributed by atoms with van der Waals surface area (Å²) in [5.74, 6) is 0.105. The Labute approximate surface area is 179 Å². The monoisotopic (exact) mass is 414 g/mol. The highest BCUT2D eigenvalue weighted by molar-refractivity contribution is 5.94. The fraction of sp³-hybridized carbons (Fsp3) is 0.565. The molecule has 2 saturated heterocycles. The number of hydrogen-bond acceptors (Lipinski definition) is 3. The van der Waals surface area contributed by atoms with Crippen molar-refractivity contribution in [1.29, 1.82) is 0 Å². The number of aromatic nitrogens is 2. The van der Waals surface area contributed by atoms with Crippen molar-refractivity contribution < 1.29 is 4.79 Å². The maximum atomic E-state index is 13.5. The molecule has 1 aliphatic carbocycles. The van der Waals surface area contributed by atoms with Gasteiger partial charge in [-0.1, -0.05) is 17.7 Å². The second-order valence-corrected chi connectivity index (χ2v) is 9.01. The Kier molecular flexibility index (Phi) is 5.47. The van der Waals surface area contributed by atoms with Crippen molar-refractivity contribution in [3.63, 3.8) is 0 Å². The number of rotatable bonds is 3. The third kappa shape index (κ3) is 3.49. The summed E-state index contributed by atoms with van der Waals surface area (Å²) in [6.07, 6.45) is 7.72. The largest absolute Gasteiger partial charge is 0.337 e. The van der Waals surface area contributed by atoms with Crippen LogP contribution in [0, 0.1) is 13.8 Å². The summed E-state index contributed by atoms with van der Waals surface area (Å²) in [5, 5.41) is 8.55. The van der Waals surface area contributed by atoms with Crippen molar-refractivity contribution in [2.24, 2.45) is 0 Å². The molecular weight excluding hydrogens is 384 g/mol. The second kappa shape index (κ2) is 7.77. The maximum absolute atomic E-state index is 13.5. The van der Waals surface area contributed by atoms with E-state index in [1.807, 2.05) is 16.6 Å². The molecule has 2 fully saturated rings. The van der Waals surface area contributed by atoms with Crippen LogP contribution in [0.4, 0.5) is 0 Å². The van der Waals surface area contributed by atoms with Crippen molar-refractivity contribution in [3.05, 3.63) is 46.3 Å². The molecule has 156 valence electrons. The number of benzene rings is 1. The van der Waals surface area contributed by atoms with E-state index >= 15 is 0 Å². The van der Waals surface area contributed by atoms with E-state index in [0.29, 0.717) is 23.8 Å². The smallest absolute Gasteiger partial charge is 0.274 e. The first-order chi connectivity index (χ1) is 13.5. The van der Waals surface area contributed by atoms with Gasteiger partial charge in [0.1, 0.15) is 0 Å². The fourth-order valence-corrected chi connectivity index (χ4v) is 5.53. The minimum Gasteiger partial charge on any atom is -0.337 e. The molecule has 2 atom stereocenters. The van der Waals surface area contributed by atoms with E-state index in [-0.39, 0.29) is 18.3 Å². The van der Waals surface area contributed by atoms with Gasteiger partial charge in [-0.15, -0.1) is 12.4 Å². The van der Waals surface area contributed by atoms with Gasteiger partial charge in [-0.3, -0.25) is 4.79 Å². The molecule has 1 aromatic carbocycles. The number of amides is 1. The minimum absolute atomic E-state index is 0. The normalized spacial score (nSPS) is 24.9. The second-order valence-electron chi connectivity index (χ2n) is 9.01. The zero-order valence-electron chi connectivity index (χ0n) is 17.6. The average Bonchev–Trinajstić information content (AvgIpc) is 3.36. The highest BCUT2D eigenvalue weighted by Crippen LogP contribution is 2.33. The van der Waals surface area contributed by atoms with Gasteiger partial charge in [0.25, 0.3) is 5.91 Å². The molecule has 6 heteroatoms. The lowest BCUT2D eigenvalue weighted by molar-refractivity contribution is 0.0674. The van der Waals surface area contributed by atoms with E-state index in [9.17, 15) is 4.79 Å². The van der Waals surface area contributed by atoms with E-state index < -0.39 is 0 Å². The van der Waals surface area contributed by atoms with E-state index in [1.54, 1.807) is 0 Å². The van der Waals surface area contributed by atoms with Crippen LogP contribution in [0.25, 0.3) is 5.69 Å². The Bertz CT molecular complexity index is 925. The van der Waals surface area contributed by atoms with Crippen LogP contribution in [0.1, 0.15) is 65.0 Å². The first kappa shape index (κ1) is 20.4. The molecule has 3 heterocycles. The number of aryl methyl sites for hydroxylation is 2. The van der Waals surface area contributed by atoms with Crippen LogP contribution < -0.4 is 5.32 Å². The molecule has 2 unspecified atom stereocenters. The molecule has 5 nitrogen and oxygen atoms in total. The van der Waals surface area contributed by atoms with Gasteiger partial charge in [-0.05, 0) is 70.4 Å². The minimum atomic E-state index is 0. The molecule has 1 aromatic heterocycles. The van der Waals surface area contributed by atoms with E-state index in [2.05, 4.69) is 37.4 Å². The van der Waals surface area contributed by atoms with Gasteiger partial charge in [-0.2, -0.15) is 5.10 Å². The number of nitrogens with one attached hydrogen (secondary N) is 1. The zero-order valence-corrected chi connectivity index (χ0v) is 18.4. The van der Waals surface area contributed by atoms with Crippen LogP contribution in [0.3, 0.4) is 0 Å². The Hall–Kier alpha value is -1.85. The van der Waals surface area contributed by atoms with E-state index in [0.717, 1.165) is 37.8 Å². The number of nitrogens with zero attached hydrogens (tertiary/aromatic N) is 3. The lowest BCUT2D eigenvalue weighted by Crippen LogP contribution is -2.48. The van der Waals surface area contributed by atoms with Crippen LogP contribution in [-0.4, -0.2) is 45.8 Å². The summed E-state index contributed by atoms with van der Waals surface area (Å²) in [7, 11) is 1.98. The van der Waals surface area contributed by atoms with Gasteiger partial charge < -0.3 is 10.2 Å². The fourth-order valence-electron chi connectivity index (χ4n) is 5.53.